The van der Waals surface area contributed by atoms with Crippen molar-refractivity contribution in [3.05, 3.63) is 42.4 Å². The van der Waals surface area contributed by atoms with Crippen LogP contribution in [0.5, 0.6) is 5.75 Å². The van der Waals surface area contributed by atoms with Crippen LogP contribution in [0.4, 0.5) is 17.2 Å². The number of para-hydroxylation sites is 1. The fourth-order valence-electron chi connectivity index (χ4n) is 2.81. The normalized spacial score (nSPS) is 10.4. The summed E-state index contributed by atoms with van der Waals surface area (Å²) in [5.74, 6) is 0.859. The monoisotopic (exact) mass is 409 g/mol. The van der Waals surface area contributed by atoms with Crippen LogP contribution in [0.2, 0.25) is 0 Å². The van der Waals surface area contributed by atoms with Crippen molar-refractivity contribution >= 4 is 29.0 Å². The highest BCUT2D eigenvalue weighted by molar-refractivity contribution is 6.01. The summed E-state index contributed by atoms with van der Waals surface area (Å²) >= 11 is 0. The number of aromatic nitrogens is 4. The third kappa shape index (κ3) is 4.37. The number of nitrogens with one attached hydrogen (secondary N) is 3. The molecule has 2 aromatic heterocycles. The number of methoxy groups -OCH3 is 1. The topological polar surface area (TPSA) is 123 Å². The number of aryl methyl sites for hydroxylation is 1. The molecule has 0 atom stereocenters. The number of benzene rings is 1. The van der Waals surface area contributed by atoms with Gasteiger partial charge in [0.2, 0.25) is 5.91 Å². The highest BCUT2D eigenvalue weighted by atomic mass is 16.5. The van der Waals surface area contributed by atoms with E-state index in [4.69, 9.17) is 4.74 Å². The lowest BCUT2D eigenvalue weighted by Gasteiger charge is -2.16. The van der Waals surface area contributed by atoms with E-state index >= 15 is 0 Å². The standard InChI is InChI=1S/C20H23N7O3/c1-5-17(28)25-16-9-15(13(10-22-16)20(29)21-2)24-14-8-6-7-12(18(14)30-4)19-23-11-27(3)26-19/h6-11H,5H2,1-4H3,(H,21,29)(H2,22,24,25,28). The van der Waals surface area contributed by atoms with Crippen LogP contribution in [0.15, 0.2) is 36.8 Å². The number of ether oxygens (including phenoxy) is 1. The van der Waals surface area contributed by atoms with Crippen LogP contribution in [0, 0.1) is 0 Å². The number of hydrogen-bond donors (Lipinski definition) is 3. The highest BCUT2D eigenvalue weighted by Gasteiger charge is 2.18. The van der Waals surface area contributed by atoms with Gasteiger partial charge in [0.15, 0.2) is 11.6 Å². The minimum atomic E-state index is -0.320. The molecular formula is C20H23N7O3. The summed E-state index contributed by atoms with van der Waals surface area (Å²) in [6.07, 6.45) is 3.32. The predicted octanol–water partition coefficient (Wildman–Crippen LogP) is 2.34. The smallest absolute Gasteiger partial charge is 0.254 e. The Morgan fingerprint density at radius 3 is 2.63 bits per heavy atom. The number of carbonyl (C=O) groups excluding carboxylic acids is 2. The fraction of sp³-hybridized carbons (Fsp3) is 0.250. The minimum Gasteiger partial charge on any atom is -0.494 e. The maximum Gasteiger partial charge on any atom is 0.254 e. The van der Waals surface area contributed by atoms with E-state index in [-0.39, 0.29) is 11.8 Å². The minimum absolute atomic E-state index is 0.179. The van der Waals surface area contributed by atoms with Crippen LogP contribution in [0.1, 0.15) is 23.7 Å². The van der Waals surface area contributed by atoms with Crippen molar-refractivity contribution in [3.63, 3.8) is 0 Å². The van der Waals surface area contributed by atoms with Crippen LogP contribution in [0.25, 0.3) is 11.4 Å². The molecule has 10 nitrogen and oxygen atoms in total. The van der Waals surface area contributed by atoms with Crippen LogP contribution in [-0.4, -0.2) is 45.7 Å². The summed E-state index contributed by atoms with van der Waals surface area (Å²) in [6.45, 7) is 1.75. The van der Waals surface area contributed by atoms with Crippen LogP contribution in [-0.2, 0) is 11.8 Å². The van der Waals surface area contributed by atoms with E-state index in [1.807, 2.05) is 18.2 Å². The largest absolute Gasteiger partial charge is 0.494 e. The molecule has 0 unspecified atom stereocenters. The van der Waals surface area contributed by atoms with Gasteiger partial charge in [-0.05, 0) is 12.1 Å². The molecule has 156 valence electrons. The Morgan fingerprint density at radius 1 is 1.20 bits per heavy atom. The van der Waals surface area contributed by atoms with Crippen molar-refractivity contribution in [3.8, 4) is 17.1 Å². The zero-order chi connectivity index (χ0) is 21.7. The summed E-state index contributed by atoms with van der Waals surface area (Å²) in [5.41, 5.74) is 2.07. The number of nitrogens with zero attached hydrogens (tertiary/aromatic N) is 4. The summed E-state index contributed by atoms with van der Waals surface area (Å²) in [7, 11) is 4.86. The van der Waals surface area contributed by atoms with E-state index in [9.17, 15) is 9.59 Å². The molecule has 0 spiro atoms. The Hall–Kier alpha value is -3.95. The van der Waals surface area contributed by atoms with Crippen molar-refractivity contribution in [2.24, 2.45) is 7.05 Å². The first-order valence-corrected chi connectivity index (χ1v) is 9.28. The molecule has 0 aliphatic heterocycles. The summed E-state index contributed by atoms with van der Waals surface area (Å²) < 4.78 is 7.21. The van der Waals surface area contributed by atoms with Crippen molar-refractivity contribution in [1.29, 1.82) is 0 Å². The van der Waals surface area contributed by atoms with Gasteiger partial charge in [0.05, 0.1) is 29.6 Å². The van der Waals surface area contributed by atoms with Crippen molar-refractivity contribution in [2.75, 3.05) is 24.8 Å². The van der Waals surface area contributed by atoms with Crippen LogP contribution < -0.4 is 20.7 Å². The quantitative estimate of drug-likeness (QED) is 0.547. The first kappa shape index (κ1) is 20.8. The number of pyridine rings is 1. The lowest BCUT2D eigenvalue weighted by molar-refractivity contribution is -0.115. The maximum atomic E-state index is 12.3. The molecule has 3 rings (SSSR count). The van der Waals surface area contributed by atoms with E-state index in [0.717, 1.165) is 0 Å². The van der Waals surface area contributed by atoms with Gasteiger partial charge < -0.3 is 20.7 Å². The average molecular weight is 409 g/mol. The average Bonchev–Trinajstić information content (AvgIpc) is 3.19. The maximum absolute atomic E-state index is 12.3. The summed E-state index contributed by atoms with van der Waals surface area (Å²) in [4.78, 5) is 32.5. The SMILES string of the molecule is CCC(=O)Nc1cc(Nc2cccc(-c3ncn(C)n3)c2OC)c(C(=O)NC)cn1. The zero-order valence-electron chi connectivity index (χ0n) is 17.2. The molecule has 0 aliphatic rings. The van der Waals surface area contributed by atoms with E-state index in [0.29, 0.717) is 46.3 Å². The number of amides is 2. The van der Waals surface area contributed by atoms with Crippen molar-refractivity contribution in [2.45, 2.75) is 13.3 Å². The summed E-state index contributed by atoms with van der Waals surface area (Å²) in [6, 6.07) is 7.09. The molecule has 3 aromatic rings. The van der Waals surface area contributed by atoms with Gasteiger partial charge in [0, 0.05) is 32.8 Å². The number of carbonyl (C=O) groups is 2. The van der Waals surface area contributed by atoms with Gasteiger partial charge in [-0.15, -0.1) is 0 Å². The number of hydrogen-bond acceptors (Lipinski definition) is 7. The molecule has 0 saturated heterocycles. The van der Waals surface area contributed by atoms with E-state index in [1.165, 1.54) is 13.2 Å². The second-order valence-electron chi connectivity index (χ2n) is 6.35. The van der Waals surface area contributed by atoms with Crippen molar-refractivity contribution < 1.29 is 14.3 Å². The van der Waals surface area contributed by atoms with Crippen molar-refractivity contribution in [1.82, 2.24) is 25.1 Å². The molecule has 10 heteroatoms. The molecule has 2 heterocycles. The van der Waals surface area contributed by atoms with Gasteiger partial charge in [0.1, 0.15) is 12.1 Å². The second-order valence-corrected chi connectivity index (χ2v) is 6.35. The van der Waals surface area contributed by atoms with Gasteiger partial charge in [-0.25, -0.2) is 9.97 Å². The molecule has 0 fully saturated rings. The third-order valence-electron chi connectivity index (χ3n) is 4.29. The molecule has 0 saturated carbocycles. The lowest BCUT2D eigenvalue weighted by atomic mass is 10.1. The summed E-state index contributed by atoms with van der Waals surface area (Å²) in [5, 5.41) is 12.8. The Kier molecular flexibility index (Phi) is 6.26. The van der Waals surface area contributed by atoms with Gasteiger partial charge in [0.25, 0.3) is 5.91 Å². The zero-order valence-corrected chi connectivity index (χ0v) is 17.2. The highest BCUT2D eigenvalue weighted by Crippen LogP contribution is 2.37. The lowest BCUT2D eigenvalue weighted by Crippen LogP contribution is -2.20. The van der Waals surface area contributed by atoms with E-state index in [1.54, 1.807) is 38.2 Å². The molecule has 1 aromatic carbocycles. The Bertz CT molecular complexity index is 1080. The van der Waals surface area contributed by atoms with E-state index in [2.05, 4.69) is 31.0 Å². The van der Waals surface area contributed by atoms with Gasteiger partial charge >= 0.3 is 0 Å². The van der Waals surface area contributed by atoms with Crippen LogP contribution >= 0.6 is 0 Å². The van der Waals surface area contributed by atoms with E-state index < -0.39 is 0 Å². The number of rotatable bonds is 7. The van der Waals surface area contributed by atoms with Gasteiger partial charge in [-0.3, -0.25) is 14.3 Å². The predicted molar refractivity (Wildman–Crippen MR) is 113 cm³/mol. The molecular weight excluding hydrogens is 386 g/mol. The Morgan fingerprint density at radius 2 is 2.00 bits per heavy atom. The second kappa shape index (κ2) is 9.03. The van der Waals surface area contributed by atoms with Gasteiger partial charge in [-0.1, -0.05) is 13.0 Å². The molecule has 3 N–H and O–H groups in total. The molecule has 0 aliphatic carbocycles. The van der Waals surface area contributed by atoms with Crippen LogP contribution in [0.3, 0.4) is 0 Å². The first-order chi connectivity index (χ1) is 14.5. The fourth-order valence-corrected chi connectivity index (χ4v) is 2.81. The number of anilines is 3. The Labute approximate surface area is 173 Å². The first-order valence-electron chi connectivity index (χ1n) is 9.28. The third-order valence-corrected chi connectivity index (χ3v) is 4.29. The molecule has 0 radical (unpaired) electrons. The molecule has 30 heavy (non-hydrogen) atoms. The van der Waals surface area contributed by atoms with Gasteiger partial charge in [-0.2, -0.15) is 5.10 Å². The molecule has 2 amide bonds. The Balaban J connectivity index is 2.05. The molecule has 0 bridgehead atoms.